The van der Waals surface area contributed by atoms with E-state index in [0.717, 1.165) is 19.5 Å². The third-order valence-electron chi connectivity index (χ3n) is 2.07. The van der Waals surface area contributed by atoms with Crippen LogP contribution in [0.1, 0.15) is 12.0 Å². The molecule has 0 radical (unpaired) electrons. The fraction of sp³-hybridized carbons (Fsp3) is 0.385. The average molecular weight is 240 g/mol. The van der Waals surface area contributed by atoms with E-state index in [0.29, 0.717) is 18.2 Å². The number of rotatable bonds is 8. The van der Waals surface area contributed by atoms with Crippen molar-refractivity contribution in [3.05, 3.63) is 47.5 Å². The molecule has 0 aliphatic rings. The highest BCUT2D eigenvalue weighted by molar-refractivity contribution is 6.29. The molecule has 0 bridgehead atoms. The first kappa shape index (κ1) is 13.2. The molecule has 0 spiro atoms. The zero-order chi connectivity index (χ0) is 11.6. The summed E-state index contributed by atoms with van der Waals surface area (Å²) in [6.45, 7) is 6.57. The Morgan fingerprint density at radius 3 is 2.75 bits per heavy atom. The maximum absolute atomic E-state index is 5.56. The lowest BCUT2D eigenvalue weighted by Gasteiger charge is -2.05. The minimum atomic E-state index is 0.445. The monoisotopic (exact) mass is 239 g/mol. The van der Waals surface area contributed by atoms with Crippen molar-refractivity contribution in [3.63, 3.8) is 0 Å². The largest absolute Gasteiger partial charge is 0.376 e. The third kappa shape index (κ3) is 6.62. The second kappa shape index (κ2) is 8.34. The minimum Gasteiger partial charge on any atom is -0.376 e. The topological polar surface area (TPSA) is 21.3 Å². The maximum Gasteiger partial charge on any atom is 0.0817 e. The number of nitrogens with one attached hydrogen (secondary N) is 1. The van der Waals surface area contributed by atoms with Crippen LogP contribution in [-0.2, 0) is 11.3 Å². The molecule has 16 heavy (non-hydrogen) atoms. The van der Waals surface area contributed by atoms with Gasteiger partial charge in [-0.1, -0.05) is 48.5 Å². The van der Waals surface area contributed by atoms with E-state index in [1.165, 1.54) is 5.56 Å². The van der Waals surface area contributed by atoms with Gasteiger partial charge in [0.05, 0.1) is 6.61 Å². The van der Waals surface area contributed by atoms with Gasteiger partial charge in [-0.05, 0) is 18.5 Å². The standard InChI is InChI=1S/C13H18ClNO/c1-12(14)11-16-9-5-8-15-10-13-6-3-2-4-7-13/h2-4,6-7,15H,1,5,8-11H2. The SMILES string of the molecule is C=C(Cl)COCCCNCc1ccccc1. The third-order valence-corrected chi connectivity index (χ3v) is 2.18. The van der Waals surface area contributed by atoms with Crippen LogP contribution >= 0.6 is 11.6 Å². The maximum atomic E-state index is 5.56. The second-order valence-corrected chi connectivity index (χ2v) is 4.12. The molecule has 0 atom stereocenters. The van der Waals surface area contributed by atoms with Gasteiger partial charge in [-0.3, -0.25) is 0 Å². The van der Waals surface area contributed by atoms with Crippen molar-refractivity contribution in [3.8, 4) is 0 Å². The quantitative estimate of drug-likeness (QED) is 0.705. The van der Waals surface area contributed by atoms with Crippen LogP contribution in [0.25, 0.3) is 0 Å². The molecule has 1 rings (SSSR count). The zero-order valence-electron chi connectivity index (χ0n) is 9.42. The summed E-state index contributed by atoms with van der Waals surface area (Å²) in [6.07, 6.45) is 0.983. The highest BCUT2D eigenvalue weighted by Crippen LogP contribution is 1.98. The van der Waals surface area contributed by atoms with Crippen molar-refractivity contribution in [2.45, 2.75) is 13.0 Å². The van der Waals surface area contributed by atoms with Gasteiger partial charge in [0.25, 0.3) is 0 Å². The molecule has 0 saturated carbocycles. The first-order chi connectivity index (χ1) is 7.79. The summed E-state index contributed by atoms with van der Waals surface area (Å²) in [6, 6.07) is 10.3. The van der Waals surface area contributed by atoms with Crippen molar-refractivity contribution < 1.29 is 4.74 Å². The fourth-order valence-electron chi connectivity index (χ4n) is 1.31. The van der Waals surface area contributed by atoms with Gasteiger partial charge in [-0.15, -0.1) is 0 Å². The van der Waals surface area contributed by atoms with E-state index in [2.05, 4.69) is 24.0 Å². The van der Waals surface area contributed by atoms with E-state index in [1.54, 1.807) is 0 Å². The highest BCUT2D eigenvalue weighted by atomic mass is 35.5. The molecule has 88 valence electrons. The molecule has 0 aliphatic carbocycles. The molecule has 0 fully saturated rings. The van der Waals surface area contributed by atoms with Crippen molar-refractivity contribution in [2.75, 3.05) is 19.8 Å². The molecule has 0 aromatic heterocycles. The van der Waals surface area contributed by atoms with Gasteiger partial charge in [-0.2, -0.15) is 0 Å². The van der Waals surface area contributed by atoms with Crippen molar-refractivity contribution in [1.29, 1.82) is 0 Å². The predicted molar refractivity (Wildman–Crippen MR) is 68.6 cm³/mol. The van der Waals surface area contributed by atoms with E-state index in [1.807, 2.05) is 18.2 Å². The number of halogens is 1. The molecule has 0 heterocycles. The molecular formula is C13H18ClNO. The predicted octanol–water partition coefficient (Wildman–Crippen LogP) is 2.94. The molecule has 1 aromatic carbocycles. The van der Waals surface area contributed by atoms with Crippen LogP contribution < -0.4 is 5.32 Å². The van der Waals surface area contributed by atoms with Crippen LogP contribution in [-0.4, -0.2) is 19.8 Å². The lowest BCUT2D eigenvalue weighted by Crippen LogP contribution is -2.16. The van der Waals surface area contributed by atoms with E-state index < -0.39 is 0 Å². The summed E-state index contributed by atoms with van der Waals surface area (Å²) >= 11 is 5.56. The molecule has 0 unspecified atom stereocenters. The van der Waals surface area contributed by atoms with Gasteiger partial charge in [-0.25, -0.2) is 0 Å². The molecule has 0 amide bonds. The molecular weight excluding hydrogens is 222 g/mol. The van der Waals surface area contributed by atoms with Gasteiger partial charge in [0, 0.05) is 18.2 Å². The van der Waals surface area contributed by atoms with Crippen LogP contribution in [0.4, 0.5) is 0 Å². The van der Waals surface area contributed by atoms with Gasteiger partial charge in [0.1, 0.15) is 0 Å². The Morgan fingerprint density at radius 2 is 2.06 bits per heavy atom. The summed E-state index contributed by atoms with van der Waals surface area (Å²) in [5, 5.41) is 3.91. The van der Waals surface area contributed by atoms with Gasteiger partial charge in [0.2, 0.25) is 0 Å². The van der Waals surface area contributed by atoms with Crippen LogP contribution in [0.15, 0.2) is 41.9 Å². The zero-order valence-corrected chi connectivity index (χ0v) is 10.2. The smallest absolute Gasteiger partial charge is 0.0817 e. The lowest BCUT2D eigenvalue weighted by atomic mass is 10.2. The Labute approximate surface area is 102 Å². The van der Waals surface area contributed by atoms with Crippen molar-refractivity contribution >= 4 is 11.6 Å². The molecule has 1 aromatic rings. The van der Waals surface area contributed by atoms with Crippen molar-refractivity contribution in [1.82, 2.24) is 5.32 Å². The normalized spacial score (nSPS) is 10.3. The number of ether oxygens (including phenoxy) is 1. The lowest BCUT2D eigenvalue weighted by molar-refractivity contribution is 0.157. The fourth-order valence-corrected chi connectivity index (χ4v) is 1.39. The summed E-state index contributed by atoms with van der Waals surface area (Å²) in [4.78, 5) is 0. The van der Waals surface area contributed by atoms with Crippen molar-refractivity contribution in [2.24, 2.45) is 0 Å². The Balaban J connectivity index is 1.94. The molecule has 1 N–H and O–H groups in total. The van der Waals surface area contributed by atoms with E-state index >= 15 is 0 Å². The second-order valence-electron chi connectivity index (χ2n) is 3.59. The highest BCUT2D eigenvalue weighted by Gasteiger charge is 1.92. The van der Waals surface area contributed by atoms with Gasteiger partial charge in [0.15, 0.2) is 0 Å². The average Bonchev–Trinajstić information content (AvgIpc) is 2.29. The Kier molecular flexibility index (Phi) is 6.90. The summed E-state index contributed by atoms with van der Waals surface area (Å²) < 4.78 is 5.28. The summed E-state index contributed by atoms with van der Waals surface area (Å²) in [5.74, 6) is 0. The van der Waals surface area contributed by atoms with Crippen LogP contribution in [0.5, 0.6) is 0 Å². The molecule has 2 nitrogen and oxygen atoms in total. The van der Waals surface area contributed by atoms with Gasteiger partial charge < -0.3 is 10.1 Å². The first-order valence-corrected chi connectivity index (χ1v) is 5.82. The Hall–Kier alpha value is -0.830. The van der Waals surface area contributed by atoms with E-state index in [4.69, 9.17) is 16.3 Å². The number of benzene rings is 1. The number of hydrogen-bond acceptors (Lipinski definition) is 2. The van der Waals surface area contributed by atoms with Crippen LogP contribution in [0.2, 0.25) is 0 Å². The van der Waals surface area contributed by atoms with Crippen LogP contribution in [0, 0.1) is 0 Å². The first-order valence-electron chi connectivity index (χ1n) is 5.44. The Morgan fingerprint density at radius 1 is 1.31 bits per heavy atom. The summed E-state index contributed by atoms with van der Waals surface area (Å²) in [5.41, 5.74) is 1.30. The Bertz CT molecular complexity index is 300. The molecule has 0 saturated heterocycles. The summed E-state index contributed by atoms with van der Waals surface area (Å²) in [7, 11) is 0. The van der Waals surface area contributed by atoms with E-state index in [-0.39, 0.29) is 0 Å². The molecule has 0 aliphatic heterocycles. The molecule has 3 heteroatoms. The minimum absolute atomic E-state index is 0.445. The van der Waals surface area contributed by atoms with E-state index in [9.17, 15) is 0 Å². The number of hydrogen-bond donors (Lipinski definition) is 1. The van der Waals surface area contributed by atoms with Gasteiger partial charge >= 0.3 is 0 Å². The van der Waals surface area contributed by atoms with Crippen LogP contribution in [0.3, 0.4) is 0 Å².